The Kier molecular flexibility index (Phi) is 7.45. The van der Waals surface area contributed by atoms with Crippen LogP contribution in [-0.2, 0) is 26.0 Å². The molecule has 0 radical (unpaired) electrons. The number of fused-ring (bicyclic) bond motifs is 1. The fourth-order valence-corrected chi connectivity index (χ4v) is 4.68. The lowest BCUT2D eigenvalue weighted by Gasteiger charge is -2.32. The fraction of sp³-hybridized carbons (Fsp3) is 0.375. The van der Waals surface area contributed by atoms with E-state index in [0.29, 0.717) is 54.4 Å². The molecule has 0 bridgehead atoms. The number of carbonyl (C=O) groups excluding carboxylic acids is 1. The van der Waals surface area contributed by atoms with Crippen molar-refractivity contribution < 1.29 is 17.9 Å². The van der Waals surface area contributed by atoms with Gasteiger partial charge in [0.15, 0.2) is 15.5 Å². The zero-order valence-corrected chi connectivity index (χ0v) is 21.3. The number of rotatable bonds is 7. The molecule has 3 aromatic rings. The number of sulfone groups is 1. The Balaban J connectivity index is 1.41. The van der Waals surface area contributed by atoms with E-state index in [-0.39, 0.29) is 23.5 Å². The average molecular weight is 512 g/mol. The summed E-state index contributed by atoms with van der Waals surface area (Å²) in [6.45, 7) is 3.15. The first kappa shape index (κ1) is 25.5. The average Bonchev–Trinajstić information content (AvgIpc) is 3.30. The van der Waals surface area contributed by atoms with E-state index in [1.807, 2.05) is 0 Å². The number of amides is 1. The summed E-state index contributed by atoms with van der Waals surface area (Å²) in [5.74, 6) is -0.129. The molecule has 190 valence electrons. The van der Waals surface area contributed by atoms with E-state index in [1.165, 1.54) is 12.6 Å². The van der Waals surface area contributed by atoms with Crippen molar-refractivity contribution in [1.82, 2.24) is 24.6 Å². The molecule has 4 rings (SSSR count). The predicted molar refractivity (Wildman–Crippen MR) is 135 cm³/mol. The fourth-order valence-electron chi connectivity index (χ4n) is 4.05. The maximum Gasteiger partial charge on any atom is 0.272 e. The molecule has 0 saturated carbocycles. The van der Waals surface area contributed by atoms with E-state index in [2.05, 4.69) is 20.1 Å². The molecule has 0 unspecified atom stereocenters. The molecule has 1 aliphatic rings. The van der Waals surface area contributed by atoms with Gasteiger partial charge >= 0.3 is 0 Å². The third kappa shape index (κ3) is 5.60. The number of hydrogen-bond donors (Lipinski definition) is 1. The van der Waals surface area contributed by atoms with Gasteiger partial charge < -0.3 is 15.4 Å². The van der Waals surface area contributed by atoms with E-state index in [9.17, 15) is 13.2 Å². The monoisotopic (exact) mass is 511 g/mol. The van der Waals surface area contributed by atoms with Gasteiger partial charge in [-0.15, -0.1) is 0 Å². The highest BCUT2D eigenvalue weighted by molar-refractivity contribution is 7.90. The van der Waals surface area contributed by atoms with Crippen molar-refractivity contribution >= 4 is 32.5 Å². The minimum Gasteiger partial charge on any atom is -0.402 e. The smallest absolute Gasteiger partial charge is 0.272 e. The Morgan fingerprint density at radius 2 is 1.92 bits per heavy atom. The second-order valence-electron chi connectivity index (χ2n) is 8.68. The zero-order valence-electron chi connectivity index (χ0n) is 20.5. The van der Waals surface area contributed by atoms with E-state index in [1.54, 1.807) is 60.1 Å². The van der Waals surface area contributed by atoms with E-state index in [4.69, 9.17) is 10.5 Å². The van der Waals surface area contributed by atoms with Crippen molar-refractivity contribution in [2.24, 2.45) is 10.7 Å². The SMILES string of the molecule is CN=C(C=C(C)N)C(=O)N1CCC(OCc2ncnc3c2cnn3-c2ccc(S(C)(=O)=O)cc2)CC1. The first-order valence-electron chi connectivity index (χ1n) is 11.5. The molecule has 2 aromatic heterocycles. The number of piperidine rings is 1. The summed E-state index contributed by atoms with van der Waals surface area (Å²) >= 11 is 0. The van der Waals surface area contributed by atoms with Crippen LogP contribution in [0.1, 0.15) is 25.5 Å². The first-order chi connectivity index (χ1) is 17.2. The van der Waals surface area contributed by atoms with Crippen molar-refractivity contribution in [3.8, 4) is 5.69 Å². The molecule has 3 heterocycles. The van der Waals surface area contributed by atoms with Crippen LogP contribution in [0, 0.1) is 0 Å². The Morgan fingerprint density at radius 3 is 2.53 bits per heavy atom. The summed E-state index contributed by atoms with van der Waals surface area (Å²) in [5, 5.41) is 5.18. The molecule has 0 atom stereocenters. The largest absolute Gasteiger partial charge is 0.402 e. The lowest BCUT2D eigenvalue weighted by Crippen LogP contribution is -2.43. The molecule has 1 fully saturated rings. The molecule has 36 heavy (non-hydrogen) atoms. The normalized spacial score (nSPS) is 16.0. The van der Waals surface area contributed by atoms with Gasteiger partial charge in [-0.3, -0.25) is 9.79 Å². The number of hydrogen-bond acceptors (Lipinski definition) is 9. The number of benzene rings is 1. The third-order valence-electron chi connectivity index (χ3n) is 5.97. The van der Waals surface area contributed by atoms with Crippen LogP contribution >= 0.6 is 0 Å². The van der Waals surface area contributed by atoms with Gasteiger partial charge in [0.1, 0.15) is 12.0 Å². The van der Waals surface area contributed by atoms with Gasteiger partial charge in [-0.05, 0) is 50.1 Å². The highest BCUT2D eigenvalue weighted by Crippen LogP contribution is 2.22. The molecule has 1 aromatic carbocycles. The van der Waals surface area contributed by atoms with Crippen LogP contribution in [-0.4, -0.2) is 77.2 Å². The lowest BCUT2D eigenvalue weighted by atomic mass is 10.1. The van der Waals surface area contributed by atoms with Gasteiger partial charge in [-0.2, -0.15) is 5.10 Å². The molecule has 0 spiro atoms. The van der Waals surface area contributed by atoms with Crippen LogP contribution in [0.4, 0.5) is 0 Å². The minimum atomic E-state index is -3.28. The minimum absolute atomic E-state index is 0.00792. The Labute approximate surface area is 209 Å². The summed E-state index contributed by atoms with van der Waals surface area (Å²) in [6, 6.07) is 6.47. The van der Waals surface area contributed by atoms with Crippen LogP contribution in [0.15, 0.2) is 58.5 Å². The van der Waals surface area contributed by atoms with Gasteiger partial charge in [-0.1, -0.05) is 0 Å². The zero-order chi connectivity index (χ0) is 25.9. The summed E-state index contributed by atoms with van der Waals surface area (Å²) in [5.41, 5.74) is 8.58. The molecule has 11 nitrogen and oxygen atoms in total. The second kappa shape index (κ2) is 10.5. The van der Waals surface area contributed by atoms with Crippen LogP contribution in [0.3, 0.4) is 0 Å². The van der Waals surface area contributed by atoms with Crippen molar-refractivity contribution in [3.05, 3.63) is 54.3 Å². The van der Waals surface area contributed by atoms with Crippen LogP contribution in [0.25, 0.3) is 16.7 Å². The number of likely N-dealkylation sites (tertiary alicyclic amines) is 1. The maximum absolute atomic E-state index is 12.7. The Bertz CT molecular complexity index is 1420. The van der Waals surface area contributed by atoms with Crippen LogP contribution in [0.5, 0.6) is 0 Å². The van der Waals surface area contributed by atoms with Gasteiger partial charge in [0.2, 0.25) is 0 Å². The number of nitrogens with two attached hydrogens (primary N) is 1. The summed E-state index contributed by atoms with van der Waals surface area (Å²) in [6.07, 6.45) is 7.30. The summed E-state index contributed by atoms with van der Waals surface area (Å²) < 4.78 is 31.2. The molecule has 1 amide bonds. The number of allylic oxidation sites excluding steroid dienone is 1. The standard InChI is InChI=1S/C24H29N7O4S/c1-16(25)12-21(26-2)24(32)30-10-8-18(9-11-30)35-14-22-20-13-29-31(23(20)28-15-27-22)17-4-6-19(7-5-17)36(3,33)34/h4-7,12-13,15,18H,8-11,14,25H2,1-3H3. The number of carbonyl (C=O) groups is 1. The van der Waals surface area contributed by atoms with Gasteiger partial charge in [-0.25, -0.2) is 23.1 Å². The molecule has 2 N–H and O–H groups in total. The number of nitrogens with zero attached hydrogens (tertiary/aromatic N) is 6. The highest BCUT2D eigenvalue weighted by atomic mass is 32.2. The highest BCUT2D eigenvalue weighted by Gasteiger charge is 2.25. The van der Waals surface area contributed by atoms with E-state index >= 15 is 0 Å². The first-order valence-corrected chi connectivity index (χ1v) is 13.4. The third-order valence-corrected chi connectivity index (χ3v) is 7.10. The maximum atomic E-state index is 12.7. The van der Waals surface area contributed by atoms with E-state index in [0.717, 1.165) is 5.39 Å². The van der Waals surface area contributed by atoms with E-state index < -0.39 is 9.84 Å². The topological polar surface area (TPSA) is 146 Å². The van der Waals surface area contributed by atoms with Gasteiger partial charge in [0, 0.05) is 32.1 Å². The predicted octanol–water partition coefficient (Wildman–Crippen LogP) is 1.66. The lowest BCUT2D eigenvalue weighted by molar-refractivity contribution is -0.126. The summed E-state index contributed by atoms with van der Waals surface area (Å²) in [4.78, 5) is 27.5. The van der Waals surface area contributed by atoms with Crippen molar-refractivity contribution in [1.29, 1.82) is 0 Å². The Hall–Kier alpha value is -3.64. The molecular weight excluding hydrogens is 482 g/mol. The molecule has 0 aliphatic carbocycles. The van der Waals surface area contributed by atoms with Crippen LogP contribution < -0.4 is 5.73 Å². The van der Waals surface area contributed by atoms with Crippen molar-refractivity contribution in [3.63, 3.8) is 0 Å². The van der Waals surface area contributed by atoms with Gasteiger partial charge in [0.25, 0.3) is 5.91 Å². The molecule has 12 heteroatoms. The molecule has 1 saturated heterocycles. The number of ether oxygens (including phenoxy) is 1. The summed E-state index contributed by atoms with van der Waals surface area (Å²) in [7, 11) is -1.70. The van der Waals surface area contributed by atoms with Crippen LogP contribution in [0.2, 0.25) is 0 Å². The van der Waals surface area contributed by atoms with Crippen molar-refractivity contribution in [2.75, 3.05) is 26.4 Å². The Morgan fingerprint density at radius 1 is 1.22 bits per heavy atom. The molecular formula is C24H29N7O4S. The molecule has 1 aliphatic heterocycles. The van der Waals surface area contributed by atoms with Crippen molar-refractivity contribution in [2.45, 2.75) is 37.4 Å². The quantitative estimate of drug-likeness (QED) is 0.471. The number of aliphatic imine (C=N–C) groups is 1. The second-order valence-corrected chi connectivity index (χ2v) is 10.7. The number of aromatic nitrogens is 4. The van der Waals surface area contributed by atoms with Gasteiger partial charge in [0.05, 0.1) is 40.6 Å².